The number of nitriles is 1. The van der Waals surface area contributed by atoms with Gasteiger partial charge < -0.3 is 0 Å². The number of carbonyl (C=O) groups excluding carboxylic acids is 1. The molecule has 2 aromatic carbocycles. The van der Waals surface area contributed by atoms with Gasteiger partial charge in [-0.3, -0.25) is 14.7 Å². The van der Waals surface area contributed by atoms with Crippen LogP contribution in [0.5, 0.6) is 0 Å². The van der Waals surface area contributed by atoms with E-state index in [1.807, 2.05) is 19.1 Å². The van der Waals surface area contributed by atoms with Crippen molar-refractivity contribution in [2.24, 2.45) is 0 Å². The third-order valence-electron chi connectivity index (χ3n) is 4.62. The van der Waals surface area contributed by atoms with E-state index in [0.717, 1.165) is 21.3 Å². The molecule has 0 spiro atoms. The average Bonchev–Trinajstić information content (AvgIpc) is 3.16. The van der Waals surface area contributed by atoms with Crippen molar-refractivity contribution in [3.63, 3.8) is 0 Å². The highest BCUT2D eigenvalue weighted by atomic mass is 32.1. The summed E-state index contributed by atoms with van der Waals surface area (Å²) in [6.07, 6.45) is 3.46. The fourth-order valence-corrected chi connectivity index (χ4v) is 4.36. The molecular formula is C23H18N4OS. The number of aryl methyl sites for hydroxylation is 2. The number of thiazole rings is 1. The van der Waals surface area contributed by atoms with Gasteiger partial charge in [-0.25, -0.2) is 4.98 Å². The minimum absolute atomic E-state index is 0.160. The van der Waals surface area contributed by atoms with Gasteiger partial charge in [0.1, 0.15) is 0 Å². The lowest BCUT2D eigenvalue weighted by molar-refractivity contribution is 0.0985. The second-order valence-electron chi connectivity index (χ2n) is 6.87. The van der Waals surface area contributed by atoms with E-state index in [9.17, 15) is 4.79 Å². The van der Waals surface area contributed by atoms with Crippen molar-refractivity contribution >= 4 is 32.6 Å². The first-order chi connectivity index (χ1) is 14.0. The van der Waals surface area contributed by atoms with Crippen LogP contribution in [0.2, 0.25) is 0 Å². The van der Waals surface area contributed by atoms with Crippen molar-refractivity contribution in [3.05, 3.63) is 88.7 Å². The predicted molar refractivity (Wildman–Crippen MR) is 115 cm³/mol. The molecule has 0 atom stereocenters. The Morgan fingerprint density at radius 2 is 1.97 bits per heavy atom. The summed E-state index contributed by atoms with van der Waals surface area (Å²) in [5, 5.41) is 9.66. The normalized spacial score (nSPS) is 10.7. The van der Waals surface area contributed by atoms with E-state index >= 15 is 0 Å². The number of hydrogen-bond acceptors (Lipinski definition) is 5. The molecule has 0 N–H and O–H groups in total. The standard InChI is InChI=1S/C23H18N4OS/c1-15-10-16(2)21-20(11-15)29-23(26-21)27(14-18-4-3-9-25-13-18)22(28)19-7-5-17(12-24)6-8-19/h3-11,13H,14H2,1-2H3. The van der Waals surface area contributed by atoms with Gasteiger partial charge in [-0.1, -0.05) is 23.5 Å². The molecule has 0 unspecified atom stereocenters. The fraction of sp³-hybridized carbons (Fsp3) is 0.130. The van der Waals surface area contributed by atoms with Gasteiger partial charge >= 0.3 is 0 Å². The Labute approximate surface area is 172 Å². The zero-order valence-corrected chi connectivity index (χ0v) is 16.9. The maximum Gasteiger partial charge on any atom is 0.260 e. The molecule has 2 aromatic heterocycles. The topological polar surface area (TPSA) is 69.9 Å². The first-order valence-electron chi connectivity index (χ1n) is 9.14. The van der Waals surface area contributed by atoms with Crippen LogP contribution in [0.1, 0.15) is 32.6 Å². The van der Waals surface area contributed by atoms with Gasteiger partial charge in [-0.05, 0) is 66.9 Å². The number of aromatic nitrogens is 2. The van der Waals surface area contributed by atoms with Crippen LogP contribution >= 0.6 is 11.3 Å². The molecule has 1 amide bonds. The monoisotopic (exact) mass is 398 g/mol. The number of hydrogen-bond donors (Lipinski definition) is 0. The van der Waals surface area contributed by atoms with E-state index in [1.54, 1.807) is 41.6 Å². The molecule has 0 saturated carbocycles. The zero-order chi connectivity index (χ0) is 20.4. The Morgan fingerprint density at radius 3 is 2.66 bits per heavy atom. The van der Waals surface area contributed by atoms with Crippen molar-refractivity contribution in [1.82, 2.24) is 9.97 Å². The molecule has 6 heteroatoms. The number of amides is 1. The number of carbonyl (C=O) groups is 1. The molecule has 0 saturated heterocycles. The summed E-state index contributed by atoms with van der Waals surface area (Å²) in [6, 6.07) is 16.7. The van der Waals surface area contributed by atoms with Crippen molar-refractivity contribution in [2.45, 2.75) is 20.4 Å². The number of anilines is 1. The molecule has 0 fully saturated rings. The summed E-state index contributed by atoms with van der Waals surface area (Å²) in [5.74, 6) is -0.160. The molecule has 0 bridgehead atoms. The van der Waals surface area contributed by atoms with Crippen molar-refractivity contribution in [2.75, 3.05) is 4.90 Å². The predicted octanol–water partition coefficient (Wildman–Crippen LogP) is 5.03. The zero-order valence-electron chi connectivity index (χ0n) is 16.1. The van der Waals surface area contributed by atoms with E-state index in [-0.39, 0.29) is 5.91 Å². The van der Waals surface area contributed by atoms with Crippen LogP contribution < -0.4 is 4.90 Å². The summed E-state index contributed by atoms with van der Waals surface area (Å²) in [7, 11) is 0. The van der Waals surface area contributed by atoms with Gasteiger partial charge in [0.15, 0.2) is 5.13 Å². The fourth-order valence-electron chi connectivity index (χ4n) is 3.22. The SMILES string of the molecule is Cc1cc(C)c2nc(N(Cc3cccnc3)C(=O)c3ccc(C#N)cc3)sc2c1. The van der Waals surface area contributed by atoms with Gasteiger partial charge in [0.05, 0.1) is 28.4 Å². The van der Waals surface area contributed by atoms with Gasteiger partial charge in [-0.15, -0.1) is 0 Å². The number of nitrogens with zero attached hydrogens (tertiary/aromatic N) is 4. The van der Waals surface area contributed by atoms with E-state index in [1.165, 1.54) is 16.9 Å². The number of pyridine rings is 1. The average molecular weight is 398 g/mol. The Morgan fingerprint density at radius 1 is 1.17 bits per heavy atom. The molecule has 0 aliphatic rings. The van der Waals surface area contributed by atoms with E-state index in [2.05, 4.69) is 30.1 Å². The van der Waals surface area contributed by atoms with Crippen LogP contribution in [0, 0.1) is 25.2 Å². The molecule has 5 nitrogen and oxygen atoms in total. The van der Waals surface area contributed by atoms with Crippen LogP contribution in [-0.4, -0.2) is 15.9 Å². The number of fused-ring (bicyclic) bond motifs is 1. The molecule has 142 valence electrons. The van der Waals surface area contributed by atoms with E-state index in [0.29, 0.717) is 22.8 Å². The van der Waals surface area contributed by atoms with Gasteiger partial charge in [0, 0.05) is 18.0 Å². The highest BCUT2D eigenvalue weighted by Gasteiger charge is 2.22. The minimum Gasteiger partial charge on any atom is -0.279 e. The summed E-state index contributed by atoms with van der Waals surface area (Å²) >= 11 is 1.50. The van der Waals surface area contributed by atoms with Crippen molar-refractivity contribution < 1.29 is 4.79 Å². The Bertz CT molecular complexity index is 1220. The minimum atomic E-state index is -0.160. The summed E-state index contributed by atoms with van der Waals surface area (Å²) in [6.45, 7) is 4.46. The number of benzene rings is 2. The maximum absolute atomic E-state index is 13.4. The summed E-state index contributed by atoms with van der Waals surface area (Å²) < 4.78 is 1.06. The van der Waals surface area contributed by atoms with E-state index in [4.69, 9.17) is 10.2 Å². The molecule has 4 rings (SSSR count). The van der Waals surface area contributed by atoms with Gasteiger partial charge in [-0.2, -0.15) is 5.26 Å². The van der Waals surface area contributed by atoms with Crippen LogP contribution in [0.25, 0.3) is 10.2 Å². The first kappa shape index (κ1) is 18.8. The lowest BCUT2D eigenvalue weighted by Gasteiger charge is -2.20. The molecule has 2 heterocycles. The second-order valence-corrected chi connectivity index (χ2v) is 7.88. The van der Waals surface area contributed by atoms with Crippen LogP contribution in [-0.2, 0) is 6.54 Å². The molecule has 0 aliphatic carbocycles. The van der Waals surface area contributed by atoms with Crippen LogP contribution in [0.4, 0.5) is 5.13 Å². The Balaban J connectivity index is 1.78. The molecule has 4 aromatic rings. The van der Waals surface area contributed by atoms with E-state index < -0.39 is 0 Å². The molecule has 0 aliphatic heterocycles. The largest absolute Gasteiger partial charge is 0.279 e. The van der Waals surface area contributed by atoms with Crippen molar-refractivity contribution in [3.8, 4) is 6.07 Å². The Hall–Kier alpha value is -3.56. The molecular weight excluding hydrogens is 380 g/mol. The highest BCUT2D eigenvalue weighted by Crippen LogP contribution is 2.33. The third-order valence-corrected chi connectivity index (χ3v) is 5.64. The molecule has 29 heavy (non-hydrogen) atoms. The maximum atomic E-state index is 13.4. The summed E-state index contributed by atoms with van der Waals surface area (Å²) in [4.78, 5) is 24.0. The highest BCUT2D eigenvalue weighted by molar-refractivity contribution is 7.22. The van der Waals surface area contributed by atoms with Gasteiger partial charge in [0.2, 0.25) is 0 Å². The second kappa shape index (κ2) is 7.82. The summed E-state index contributed by atoms with van der Waals surface area (Å²) in [5.41, 5.74) is 5.13. The lowest BCUT2D eigenvalue weighted by atomic mass is 10.1. The van der Waals surface area contributed by atoms with Crippen molar-refractivity contribution in [1.29, 1.82) is 5.26 Å². The quantitative estimate of drug-likeness (QED) is 0.484. The van der Waals surface area contributed by atoms with Crippen LogP contribution in [0.3, 0.4) is 0 Å². The smallest absolute Gasteiger partial charge is 0.260 e. The number of rotatable bonds is 4. The lowest BCUT2D eigenvalue weighted by Crippen LogP contribution is -2.30. The third kappa shape index (κ3) is 3.86. The van der Waals surface area contributed by atoms with Crippen LogP contribution in [0.15, 0.2) is 60.9 Å². The molecule has 0 radical (unpaired) electrons. The van der Waals surface area contributed by atoms with Gasteiger partial charge in [0.25, 0.3) is 5.91 Å². The first-order valence-corrected chi connectivity index (χ1v) is 9.95. The Kier molecular flexibility index (Phi) is 5.07.